The third-order valence-corrected chi connectivity index (χ3v) is 4.45. The van der Waals surface area contributed by atoms with Gasteiger partial charge < -0.3 is 11.1 Å². The third kappa shape index (κ3) is 4.47. The van der Waals surface area contributed by atoms with Gasteiger partial charge in [-0.25, -0.2) is 0 Å². The average Bonchev–Trinajstić information content (AvgIpc) is 3.18. The minimum atomic E-state index is -0.288. The molecule has 3 nitrogen and oxygen atoms in total. The Morgan fingerprint density at radius 1 is 1.41 bits per heavy atom. The Bertz CT molecular complexity index is 518. The smallest absolute Gasteiger partial charge is 0.224 e. The van der Waals surface area contributed by atoms with Gasteiger partial charge in [0.15, 0.2) is 0 Å². The monoisotopic (exact) mass is 324 g/mol. The molecule has 0 spiro atoms. The van der Waals surface area contributed by atoms with Gasteiger partial charge in [0.25, 0.3) is 0 Å². The molecule has 1 aromatic rings. The minimum Gasteiger partial charge on any atom is -0.349 e. The molecule has 0 aromatic heterocycles. The maximum absolute atomic E-state index is 12.5. The highest BCUT2D eigenvalue weighted by atomic mass is 35.5. The van der Waals surface area contributed by atoms with Crippen LogP contribution in [0.3, 0.4) is 0 Å². The van der Waals surface area contributed by atoms with Crippen LogP contribution < -0.4 is 11.1 Å². The molecule has 1 aliphatic carbocycles. The summed E-state index contributed by atoms with van der Waals surface area (Å²) in [5, 5.41) is 3.19. The largest absolute Gasteiger partial charge is 0.349 e. The normalized spacial score (nSPS) is 22.6. The van der Waals surface area contributed by atoms with Crippen LogP contribution in [-0.2, 0) is 4.79 Å². The van der Waals surface area contributed by atoms with E-state index in [9.17, 15) is 4.79 Å². The first-order valence-electron chi connectivity index (χ1n) is 7.94. The van der Waals surface area contributed by atoms with Crippen molar-refractivity contribution >= 4 is 18.3 Å². The number of hydrogen-bond acceptors (Lipinski definition) is 2. The zero-order chi connectivity index (χ0) is 15.6. The van der Waals surface area contributed by atoms with Gasteiger partial charge >= 0.3 is 0 Å². The number of rotatable bonds is 6. The van der Waals surface area contributed by atoms with Gasteiger partial charge in [-0.1, -0.05) is 38.1 Å². The van der Waals surface area contributed by atoms with Gasteiger partial charge in [0.05, 0.1) is 0 Å². The van der Waals surface area contributed by atoms with Crippen molar-refractivity contribution in [2.24, 2.45) is 17.6 Å². The quantitative estimate of drug-likeness (QED) is 0.842. The van der Waals surface area contributed by atoms with E-state index in [2.05, 4.69) is 51.2 Å². The predicted molar refractivity (Wildman–Crippen MR) is 94.3 cm³/mol. The van der Waals surface area contributed by atoms with Crippen LogP contribution in [0.25, 0.3) is 0 Å². The lowest BCUT2D eigenvalue weighted by molar-refractivity contribution is -0.124. The van der Waals surface area contributed by atoms with Crippen molar-refractivity contribution in [2.45, 2.75) is 52.0 Å². The average molecular weight is 325 g/mol. The number of amides is 1. The van der Waals surface area contributed by atoms with Crippen molar-refractivity contribution in [1.82, 2.24) is 5.32 Å². The molecule has 0 aliphatic heterocycles. The zero-order valence-corrected chi connectivity index (χ0v) is 14.9. The molecule has 0 radical (unpaired) electrons. The number of carbonyl (C=O) groups excluding carboxylic acids is 1. The van der Waals surface area contributed by atoms with E-state index >= 15 is 0 Å². The van der Waals surface area contributed by atoms with E-state index in [1.807, 2.05) is 6.07 Å². The summed E-state index contributed by atoms with van der Waals surface area (Å²) in [6.07, 6.45) is 1.87. The molecule has 0 heterocycles. The lowest BCUT2D eigenvalue weighted by atomic mass is 9.90. The summed E-state index contributed by atoms with van der Waals surface area (Å²) in [7, 11) is 0. The number of nitrogens with one attached hydrogen (secondary N) is 1. The van der Waals surface area contributed by atoms with Crippen molar-refractivity contribution in [2.75, 3.05) is 6.54 Å². The first kappa shape index (κ1) is 19.0. The van der Waals surface area contributed by atoms with E-state index in [-0.39, 0.29) is 29.8 Å². The Labute approximate surface area is 140 Å². The summed E-state index contributed by atoms with van der Waals surface area (Å²) in [5.74, 6) is 1.18. The fraction of sp³-hybridized carbons (Fsp3) is 0.611. The lowest BCUT2D eigenvalue weighted by Gasteiger charge is -2.31. The molecule has 4 heteroatoms. The van der Waals surface area contributed by atoms with Gasteiger partial charge in [-0.15, -0.1) is 12.4 Å². The predicted octanol–water partition coefficient (Wildman–Crippen LogP) is 3.40. The van der Waals surface area contributed by atoms with Crippen LogP contribution >= 0.6 is 12.4 Å². The Morgan fingerprint density at radius 2 is 2.05 bits per heavy atom. The maximum atomic E-state index is 12.5. The van der Waals surface area contributed by atoms with E-state index in [0.29, 0.717) is 18.4 Å². The van der Waals surface area contributed by atoms with Crippen molar-refractivity contribution in [3.05, 3.63) is 35.4 Å². The lowest BCUT2D eigenvalue weighted by Crippen LogP contribution is -2.52. The fourth-order valence-electron chi connectivity index (χ4n) is 3.31. The van der Waals surface area contributed by atoms with E-state index < -0.39 is 0 Å². The van der Waals surface area contributed by atoms with Crippen molar-refractivity contribution in [3.63, 3.8) is 0 Å². The first-order valence-corrected chi connectivity index (χ1v) is 7.94. The maximum Gasteiger partial charge on any atom is 0.224 e. The standard InChI is InChI=1S/C18H28N2O.ClH/c1-12(2)10-18(4,11-19)20-17(21)16-9-15(16)14-8-6-5-7-13(14)3;/h5-8,12,15-16H,9-11,19H2,1-4H3,(H,20,21);1H. The number of aryl methyl sites for hydroxylation is 1. The Kier molecular flexibility index (Phi) is 6.45. The number of halogens is 1. The van der Waals surface area contributed by atoms with Crippen LogP contribution in [-0.4, -0.2) is 18.0 Å². The first-order chi connectivity index (χ1) is 9.86. The highest BCUT2D eigenvalue weighted by Crippen LogP contribution is 2.48. The Balaban J connectivity index is 0.00000242. The fourth-order valence-corrected chi connectivity index (χ4v) is 3.31. The van der Waals surface area contributed by atoms with E-state index in [4.69, 9.17) is 5.73 Å². The molecule has 0 bridgehead atoms. The minimum absolute atomic E-state index is 0. The van der Waals surface area contributed by atoms with E-state index in [1.165, 1.54) is 11.1 Å². The molecule has 3 N–H and O–H groups in total. The summed E-state index contributed by atoms with van der Waals surface area (Å²) in [5.41, 5.74) is 8.19. The Hall–Kier alpha value is -1.06. The van der Waals surface area contributed by atoms with Gasteiger partial charge in [0.1, 0.15) is 0 Å². The highest BCUT2D eigenvalue weighted by Gasteiger charge is 2.45. The summed E-state index contributed by atoms with van der Waals surface area (Å²) >= 11 is 0. The molecule has 1 aromatic carbocycles. The zero-order valence-electron chi connectivity index (χ0n) is 14.1. The van der Waals surface area contributed by atoms with Crippen LogP contribution in [0, 0.1) is 18.8 Å². The molecular weight excluding hydrogens is 296 g/mol. The molecule has 0 saturated heterocycles. The third-order valence-electron chi connectivity index (χ3n) is 4.45. The molecule has 22 heavy (non-hydrogen) atoms. The summed E-state index contributed by atoms with van der Waals surface area (Å²) in [6, 6.07) is 8.36. The molecular formula is C18H29ClN2O. The van der Waals surface area contributed by atoms with E-state index in [1.54, 1.807) is 0 Å². The second kappa shape index (κ2) is 7.47. The van der Waals surface area contributed by atoms with Gasteiger partial charge in [0, 0.05) is 18.0 Å². The molecule has 1 aliphatic rings. The molecule has 1 saturated carbocycles. The summed E-state index contributed by atoms with van der Waals surface area (Å²) in [6.45, 7) is 8.97. The number of carbonyl (C=O) groups is 1. The number of hydrogen-bond donors (Lipinski definition) is 2. The second-order valence-corrected chi connectivity index (χ2v) is 7.16. The second-order valence-electron chi connectivity index (χ2n) is 7.16. The highest BCUT2D eigenvalue weighted by molar-refractivity contribution is 5.85. The molecule has 1 fully saturated rings. The SMILES string of the molecule is Cc1ccccc1C1CC1C(=O)NC(C)(CN)CC(C)C.Cl. The van der Waals surface area contributed by atoms with Crippen LogP contribution in [0.4, 0.5) is 0 Å². The van der Waals surface area contributed by atoms with Crippen LogP contribution in [0.1, 0.15) is 50.7 Å². The van der Waals surface area contributed by atoms with E-state index in [0.717, 1.165) is 12.8 Å². The van der Waals surface area contributed by atoms with Crippen molar-refractivity contribution in [1.29, 1.82) is 0 Å². The molecule has 3 unspecified atom stereocenters. The van der Waals surface area contributed by atoms with Crippen molar-refractivity contribution < 1.29 is 4.79 Å². The van der Waals surface area contributed by atoms with Gasteiger partial charge in [-0.05, 0) is 49.7 Å². The Morgan fingerprint density at radius 3 is 2.59 bits per heavy atom. The van der Waals surface area contributed by atoms with Crippen LogP contribution in [0.15, 0.2) is 24.3 Å². The number of nitrogens with two attached hydrogens (primary N) is 1. The van der Waals surface area contributed by atoms with Gasteiger partial charge in [0.2, 0.25) is 5.91 Å². The summed E-state index contributed by atoms with van der Waals surface area (Å²) in [4.78, 5) is 12.5. The molecule has 1 amide bonds. The number of benzene rings is 1. The van der Waals surface area contributed by atoms with Gasteiger partial charge in [-0.2, -0.15) is 0 Å². The van der Waals surface area contributed by atoms with Gasteiger partial charge in [-0.3, -0.25) is 4.79 Å². The molecule has 124 valence electrons. The van der Waals surface area contributed by atoms with Crippen LogP contribution in [0.2, 0.25) is 0 Å². The molecule has 3 atom stereocenters. The molecule has 2 rings (SSSR count). The van der Waals surface area contributed by atoms with Crippen LogP contribution in [0.5, 0.6) is 0 Å². The topological polar surface area (TPSA) is 55.1 Å². The van der Waals surface area contributed by atoms with Crippen molar-refractivity contribution in [3.8, 4) is 0 Å². The summed E-state index contributed by atoms with van der Waals surface area (Å²) < 4.78 is 0.